The number of nitrogen functional groups attached to an aromatic ring is 1. The number of anilines is 2. The number of likely N-dealkylation sites (tertiary alicyclic amines) is 1. The molecule has 35 heavy (non-hydrogen) atoms. The number of amides is 2. The summed E-state index contributed by atoms with van der Waals surface area (Å²) in [6, 6.07) is 4.51. The summed E-state index contributed by atoms with van der Waals surface area (Å²) in [5.41, 5.74) is 6.65. The van der Waals surface area contributed by atoms with E-state index < -0.39 is 18.3 Å². The maximum absolute atomic E-state index is 13.6. The number of pyridine rings is 1. The highest BCUT2D eigenvalue weighted by Gasteiger charge is 2.55. The molecule has 10 heteroatoms. The van der Waals surface area contributed by atoms with Gasteiger partial charge < -0.3 is 10.8 Å². The van der Waals surface area contributed by atoms with Gasteiger partial charge >= 0.3 is 0 Å². The van der Waals surface area contributed by atoms with Gasteiger partial charge in [0.15, 0.2) is 12.2 Å². The van der Waals surface area contributed by atoms with Gasteiger partial charge in [-0.2, -0.15) is 5.10 Å². The van der Waals surface area contributed by atoms with Gasteiger partial charge in [-0.3, -0.25) is 29.4 Å². The number of nitrogens with two attached hydrogens (primary N) is 1. The van der Waals surface area contributed by atoms with Gasteiger partial charge in [0.2, 0.25) is 5.91 Å². The largest absolute Gasteiger partial charge is 0.384 e. The van der Waals surface area contributed by atoms with Crippen LogP contribution in [0.1, 0.15) is 51.0 Å². The summed E-state index contributed by atoms with van der Waals surface area (Å²) in [6.45, 7) is 2.09. The molecule has 1 aliphatic carbocycles. The number of likely N-dealkylation sites (N-methyl/N-ethyl adjacent to an activating group) is 1. The van der Waals surface area contributed by atoms with E-state index in [0.717, 1.165) is 24.8 Å². The van der Waals surface area contributed by atoms with Gasteiger partial charge in [0.1, 0.15) is 11.9 Å². The summed E-state index contributed by atoms with van der Waals surface area (Å²) in [6.07, 6.45) is 9.14. The molecule has 190 valence electrons. The van der Waals surface area contributed by atoms with Crippen molar-refractivity contribution in [2.75, 3.05) is 17.7 Å². The number of nitrogens with zero attached hydrogens (tertiary/aromatic N) is 5. The fourth-order valence-corrected chi connectivity index (χ4v) is 5.50. The summed E-state index contributed by atoms with van der Waals surface area (Å²) in [5, 5.41) is 18.7. The molecular weight excluding hydrogens is 446 g/mol. The number of aromatic nitrogens is 3. The predicted molar refractivity (Wildman–Crippen MR) is 133 cm³/mol. The fraction of sp³-hybridized carbons (Fsp3) is 0.600. The van der Waals surface area contributed by atoms with E-state index in [9.17, 15) is 14.7 Å². The van der Waals surface area contributed by atoms with Crippen molar-refractivity contribution >= 4 is 23.5 Å². The van der Waals surface area contributed by atoms with Gasteiger partial charge in [-0.1, -0.05) is 26.2 Å². The third-order valence-electron chi connectivity index (χ3n) is 7.47. The van der Waals surface area contributed by atoms with E-state index >= 15 is 0 Å². The van der Waals surface area contributed by atoms with Crippen LogP contribution in [0.2, 0.25) is 0 Å². The first-order chi connectivity index (χ1) is 16.8. The van der Waals surface area contributed by atoms with Crippen LogP contribution >= 0.6 is 0 Å². The zero-order chi connectivity index (χ0) is 25.1. The van der Waals surface area contributed by atoms with Gasteiger partial charge in [-0.15, -0.1) is 0 Å². The highest BCUT2D eigenvalue weighted by atomic mass is 16.3. The molecular formula is C25H37N7O3. The Bertz CT molecular complexity index is 1040. The first-order valence-corrected chi connectivity index (χ1v) is 12.5. The number of carbonyl (C=O) groups is 2. The molecule has 0 radical (unpaired) electrons. The number of carbonyl (C=O) groups excluding carboxylic acids is 2. The number of aryl methyl sites for hydroxylation is 1. The van der Waals surface area contributed by atoms with Crippen LogP contribution in [0.5, 0.6) is 0 Å². The predicted octanol–water partition coefficient (Wildman–Crippen LogP) is 1.65. The maximum Gasteiger partial charge on any atom is 0.251 e. The van der Waals surface area contributed by atoms with Crippen molar-refractivity contribution in [1.82, 2.24) is 25.0 Å². The molecule has 1 saturated heterocycles. The third-order valence-corrected chi connectivity index (χ3v) is 7.47. The molecule has 10 nitrogen and oxygen atoms in total. The number of hydrogen-bond acceptors (Lipinski definition) is 7. The quantitative estimate of drug-likeness (QED) is 0.365. The van der Waals surface area contributed by atoms with E-state index in [1.54, 1.807) is 49.4 Å². The average molecular weight is 484 g/mol. The van der Waals surface area contributed by atoms with E-state index in [-0.39, 0.29) is 17.9 Å². The van der Waals surface area contributed by atoms with Crippen LogP contribution in [0.3, 0.4) is 0 Å². The van der Waals surface area contributed by atoms with Crippen molar-refractivity contribution in [1.29, 1.82) is 0 Å². The molecule has 1 aliphatic heterocycles. The lowest BCUT2D eigenvalue weighted by atomic mass is 9.81. The second-order valence-electron chi connectivity index (χ2n) is 9.79. The lowest BCUT2D eigenvalue weighted by Crippen LogP contribution is -2.73. The molecule has 4 N–H and O–H groups in total. The first kappa shape index (κ1) is 25.1. The molecule has 2 amide bonds. The van der Waals surface area contributed by atoms with Crippen molar-refractivity contribution in [3.05, 3.63) is 36.2 Å². The summed E-state index contributed by atoms with van der Waals surface area (Å²) in [7, 11) is 3.42. The van der Waals surface area contributed by atoms with Crippen molar-refractivity contribution < 1.29 is 14.7 Å². The third kappa shape index (κ3) is 5.33. The van der Waals surface area contributed by atoms with Crippen LogP contribution in [0.25, 0.3) is 0 Å². The first-order valence-electron chi connectivity index (χ1n) is 12.5. The van der Waals surface area contributed by atoms with Crippen LogP contribution in [0, 0.1) is 11.8 Å². The second kappa shape index (κ2) is 10.7. The van der Waals surface area contributed by atoms with E-state index in [2.05, 4.69) is 22.3 Å². The number of β-lactam (4-membered cyclic amide) rings is 1. The Labute approximate surface area is 206 Å². The number of nitrogens with one attached hydrogen (secondary N) is 1. The summed E-state index contributed by atoms with van der Waals surface area (Å²) in [5.74, 6) is 0.148. The number of aliphatic hydroxyl groups excluding tert-OH is 1. The van der Waals surface area contributed by atoms with Crippen LogP contribution in [0.4, 0.5) is 11.6 Å². The van der Waals surface area contributed by atoms with Crippen molar-refractivity contribution in [2.24, 2.45) is 18.9 Å². The number of aliphatic hydroxyl groups is 1. The molecule has 4 atom stereocenters. The summed E-state index contributed by atoms with van der Waals surface area (Å²) >= 11 is 0. The molecule has 0 bridgehead atoms. The van der Waals surface area contributed by atoms with Crippen molar-refractivity contribution in [2.45, 2.75) is 70.3 Å². The smallest absolute Gasteiger partial charge is 0.251 e. The lowest BCUT2D eigenvalue weighted by Gasteiger charge is -2.50. The van der Waals surface area contributed by atoms with Crippen LogP contribution in [-0.4, -0.2) is 62.1 Å². The van der Waals surface area contributed by atoms with Crippen LogP contribution in [0.15, 0.2) is 30.6 Å². The molecule has 2 fully saturated rings. The SMILES string of the molecule is CC[C@@H](NC(O)N1C(=O)[C@H](Cc2ccnc(N)c2)[C@H]1C(=O)N(C)c1ccn(C)n1)C1CCCCC1. The maximum atomic E-state index is 13.6. The highest BCUT2D eigenvalue weighted by Crippen LogP contribution is 2.34. The molecule has 0 aromatic carbocycles. The average Bonchev–Trinajstić information content (AvgIpc) is 3.29. The van der Waals surface area contributed by atoms with E-state index in [1.165, 1.54) is 29.1 Å². The molecule has 1 saturated carbocycles. The molecule has 0 spiro atoms. The van der Waals surface area contributed by atoms with Gasteiger partial charge in [0.05, 0.1) is 5.92 Å². The van der Waals surface area contributed by atoms with E-state index in [4.69, 9.17) is 5.73 Å². The minimum atomic E-state index is -1.24. The Hall–Kier alpha value is -2.98. The molecule has 3 heterocycles. The topological polar surface area (TPSA) is 130 Å². The molecule has 2 aliphatic rings. The Kier molecular flexibility index (Phi) is 7.71. The fourth-order valence-electron chi connectivity index (χ4n) is 5.50. The van der Waals surface area contributed by atoms with Gasteiger partial charge in [0.25, 0.3) is 5.91 Å². The normalized spacial score (nSPS) is 22.5. The molecule has 1 unspecified atom stereocenters. The van der Waals surface area contributed by atoms with Gasteiger partial charge in [0, 0.05) is 38.6 Å². The molecule has 2 aromatic heterocycles. The second-order valence-corrected chi connectivity index (χ2v) is 9.79. The van der Waals surface area contributed by atoms with Crippen molar-refractivity contribution in [3.8, 4) is 0 Å². The minimum absolute atomic E-state index is 0.0846. The summed E-state index contributed by atoms with van der Waals surface area (Å²) < 4.78 is 1.62. The zero-order valence-corrected chi connectivity index (χ0v) is 20.8. The molecule has 2 aromatic rings. The van der Waals surface area contributed by atoms with E-state index in [1.807, 2.05) is 0 Å². The highest BCUT2D eigenvalue weighted by molar-refractivity contribution is 6.05. The Morgan fingerprint density at radius 2 is 2.06 bits per heavy atom. The Balaban J connectivity index is 1.55. The standard InChI is InChI=1S/C25H37N7O3/c1-4-19(17-8-6-5-7-9-17)28-25(35)32-22(24(34)31(3)21-11-13-30(2)29-21)18(23(32)33)14-16-10-12-27-20(26)15-16/h10-13,15,17-19,22,25,28,35H,4-9,14H2,1-3H3,(H2,26,27)/t18-,19-,22+,25?/m1/s1. The van der Waals surface area contributed by atoms with Gasteiger partial charge in [-0.25, -0.2) is 4.98 Å². The summed E-state index contributed by atoms with van der Waals surface area (Å²) in [4.78, 5) is 33.7. The Morgan fingerprint density at radius 1 is 1.31 bits per heavy atom. The Morgan fingerprint density at radius 3 is 2.69 bits per heavy atom. The van der Waals surface area contributed by atoms with Crippen LogP contribution < -0.4 is 16.0 Å². The molecule has 4 rings (SSSR count). The van der Waals surface area contributed by atoms with Gasteiger partial charge in [-0.05, 0) is 49.3 Å². The van der Waals surface area contributed by atoms with Crippen LogP contribution in [-0.2, 0) is 23.1 Å². The zero-order valence-electron chi connectivity index (χ0n) is 20.8. The van der Waals surface area contributed by atoms with Crippen molar-refractivity contribution in [3.63, 3.8) is 0 Å². The minimum Gasteiger partial charge on any atom is -0.384 e. The lowest BCUT2D eigenvalue weighted by molar-refractivity contribution is -0.184. The number of rotatable bonds is 9. The monoisotopic (exact) mass is 483 g/mol. The number of hydrogen-bond donors (Lipinski definition) is 3. The van der Waals surface area contributed by atoms with E-state index in [0.29, 0.717) is 24.0 Å².